The van der Waals surface area contributed by atoms with E-state index < -0.39 is 0 Å². The monoisotopic (exact) mass is 367 g/mol. The van der Waals surface area contributed by atoms with Crippen LogP contribution in [0, 0.1) is 5.92 Å². The van der Waals surface area contributed by atoms with Crippen molar-refractivity contribution in [3.8, 4) is 5.75 Å². The summed E-state index contributed by atoms with van der Waals surface area (Å²) in [5.74, 6) is 0.862. The predicted molar refractivity (Wildman–Crippen MR) is 104 cm³/mol. The average molecular weight is 367 g/mol. The maximum atomic E-state index is 12.7. The lowest BCUT2D eigenvalue weighted by Crippen LogP contribution is -2.38. The standard InChI is InChI=1S/C21H25N3O3/c1-3-27-19-7-5-4-6-18(19)23-20(25)16-12-17(14-22-13-16)21(26)24-10-8-15(2)9-11-24/h4-7,12-15H,3,8-11H2,1-2H3,(H,23,25). The summed E-state index contributed by atoms with van der Waals surface area (Å²) >= 11 is 0. The SMILES string of the molecule is CCOc1ccccc1NC(=O)c1cncc(C(=O)N2CCC(C)CC2)c1. The number of hydrogen-bond donors (Lipinski definition) is 1. The van der Waals surface area contributed by atoms with Crippen LogP contribution in [0.3, 0.4) is 0 Å². The van der Waals surface area contributed by atoms with Crippen molar-refractivity contribution in [3.63, 3.8) is 0 Å². The van der Waals surface area contributed by atoms with Gasteiger partial charge in [0.05, 0.1) is 23.4 Å². The molecule has 1 aromatic heterocycles. The van der Waals surface area contributed by atoms with Gasteiger partial charge >= 0.3 is 0 Å². The van der Waals surface area contributed by atoms with Gasteiger partial charge in [-0.2, -0.15) is 0 Å². The number of pyridine rings is 1. The van der Waals surface area contributed by atoms with Gasteiger partial charge < -0.3 is 15.0 Å². The van der Waals surface area contributed by atoms with Gasteiger partial charge in [-0.15, -0.1) is 0 Å². The smallest absolute Gasteiger partial charge is 0.257 e. The summed E-state index contributed by atoms with van der Waals surface area (Å²) in [6.07, 6.45) is 5.00. The molecular weight excluding hydrogens is 342 g/mol. The van der Waals surface area contributed by atoms with Gasteiger partial charge in [-0.05, 0) is 43.9 Å². The Kier molecular flexibility index (Phi) is 6.06. The quantitative estimate of drug-likeness (QED) is 0.876. The minimum atomic E-state index is -0.323. The van der Waals surface area contributed by atoms with E-state index in [4.69, 9.17) is 4.74 Å². The van der Waals surface area contributed by atoms with E-state index in [1.807, 2.05) is 24.0 Å². The number of ether oxygens (including phenoxy) is 1. The summed E-state index contributed by atoms with van der Waals surface area (Å²) < 4.78 is 5.53. The second kappa shape index (κ2) is 8.66. The predicted octanol–water partition coefficient (Wildman–Crippen LogP) is 3.60. The van der Waals surface area contributed by atoms with Gasteiger partial charge in [0, 0.05) is 25.5 Å². The molecular formula is C21H25N3O3. The first-order valence-corrected chi connectivity index (χ1v) is 9.36. The second-order valence-corrected chi connectivity index (χ2v) is 6.82. The van der Waals surface area contributed by atoms with E-state index in [9.17, 15) is 9.59 Å². The van der Waals surface area contributed by atoms with Crippen molar-refractivity contribution in [2.45, 2.75) is 26.7 Å². The molecule has 0 saturated carbocycles. The van der Waals surface area contributed by atoms with Gasteiger partial charge in [-0.1, -0.05) is 19.1 Å². The van der Waals surface area contributed by atoms with Crippen LogP contribution >= 0.6 is 0 Å². The zero-order valence-electron chi connectivity index (χ0n) is 15.8. The fraction of sp³-hybridized carbons (Fsp3) is 0.381. The van der Waals surface area contributed by atoms with Crippen LogP contribution in [0.25, 0.3) is 0 Å². The Hall–Kier alpha value is -2.89. The van der Waals surface area contributed by atoms with E-state index in [1.165, 1.54) is 12.4 Å². The largest absolute Gasteiger partial charge is 0.492 e. The van der Waals surface area contributed by atoms with Crippen LogP contribution < -0.4 is 10.1 Å². The highest BCUT2D eigenvalue weighted by atomic mass is 16.5. The summed E-state index contributed by atoms with van der Waals surface area (Å²) in [6.45, 7) is 6.09. The van der Waals surface area contributed by atoms with Crippen LogP contribution in [0.15, 0.2) is 42.7 Å². The van der Waals surface area contributed by atoms with Crippen molar-refractivity contribution < 1.29 is 14.3 Å². The van der Waals surface area contributed by atoms with Crippen LogP contribution in [-0.4, -0.2) is 41.4 Å². The van der Waals surface area contributed by atoms with E-state index in [0.29, 0.717) is 35.1 Å². The number of piperidine rings is 1. The van der Waals surface area contributed by atoms with Crippen molar-refractivity contribution in [2.24, 2.45) is 5.92 Å². The molecule has 1 aliphatic heterocycles. The summed E-state index contributed by atoms with van der Waals surface area (Å²) in [5.41, 5.74) is 1.37. The lowest BCUT2D eigenvalue weighted by Gasteiger charge is -2.30. The van der Waals surface area contributed by atoms with E-state index in [0.717, 1.165) is 25.9 Å². The van der Waals surface area contributed by atoms with Crippen LogP contribution in [0.4, 0.5) is 5.69 Å². The maximum absolute atomic E-state index is 12.7. The van der Waals surface area contributed by atoms with Crippen molar-refractivity contribution in [1.82, 2.24) is 9.88 Å². The number of likely N-dealkylation sites (tertiary alicyclic amines) is 1. The fourth-order valence-electron chi connectivity index (χ4n) is 3.12. The molecule has 1 aromatic carbocycles. The third-order valence-corrected chi connectivity index (χ3v) is 4.75. The van der Waals surface area contributed by atoms with E-state index >= 15 is 0 Å². The summed E-state index contributed by atoms with van der Waals surface area (Å²) in [4.78, 5) is 31.3. The third-order valence-electron chi connectivity index (χ3n) is 4.75. The molecule has 6 nitrogen and oxygen atoms in total. The Bertz CT molecular complexity index is 814. The lowest BCUT2D eigenvalue weighted by atomic mass is 9.98. The first-order valence-electron chi connectivity index (χ1n) is 9.36. The number of benzene rings is 1. The molecule has 2 aromatic rings. The molecule has 1 saturated heterocycles. The molecule has 0 aliphatic carbocycles. The minimum absolute atomic E-state index is 0.0706. The molecule has 142 valence electrons. The van der Waals surface area contributed by atoms with Crippen LogP contribution in [0.5, 0.6) is 5.75 Å². The average Bonchev–Trinajstić information content (AvgIpc) is 2.70. The number of carbonyl (C=O) groups excluding carboxylic acids is 2. The number of carbonyl (C=O) groups is 2. The molecule has 2 amide bonds. The summed E-state index contributed by atoms with van der Waals surface area (Å²) in [6, 6.07) is 8.86. The number of aromatic nitrogens is 1. The van der Waals surface area contributed by atoms with Crippen molar-refractivity contribution in [1.29, 1.82) is 0 Å². The number of hydrogen-bond acceptors (Lipinski definition) is 4. The highest BCUT2D eigenvalue weighted by Crippen LogP contribution is 2.24. The summed E-state index contributed by atoms with van der Waals surface area (Å²) in [7, 11) is 0. The topological polar surface area (TPSA) is 71.5 Å². The van der Waals surface area contributed by atoms with Crippen LogP contribution in [-0.2, 0) is 0 Å². The molecule has 1 N–H and O–H groups in total. The Morgan fingerprint density at radius 1 is 1.19 bits per heavy atom. The molecule has 0 atom stereocenters. The molecule has 0 radical (unpaired) electrons. The van der Waals surface area contributed by atoms with Crippen molar-refractivity contribution in [2.75, 3.05) is 25.0 Å². The first kappa shape index (κ1) is 18.9. The van der Waals surface area contributed by atoms with Gasteiger partial charge in [-0.25, -0.2) is 0 Å². The minimum Gasteiger partial charge on any atom is -0.492 e. The Balaban J connectivity index is 1.73. The number of nitrogens with one attached hydrogen (secondary N) is 1. The zero-order chi connectivity index (χ0) is 19.2. The van der Waals surface area contributed by atoms with Crippen LogP contribution in [0.2, 0.25) is 0 Å². The highest BCUT2D eigenvalue weighted by molar-refractivity contribution is 6.06. The molecule has 6 heteroatoms. The van der Waals surface area contributed by atoms with Gasteiger partial charge in [0.15, 0.2) is 0 Å². The molecule has 3 rings (SSSR count). The molecule has 1 aliphatic rings. The Morgan fingerprint density at radius 2 is 1.89 bits per heavy atom. The lowest BCUT2D eigenvalue weighted by molar-refractivity contribution is 0.0697. The van der Waals surface area contributed by atoms with Gasteiger partial charge in [-0.3, -0.25) is 14.6 Å². The normalized spacial score (nSPS) is 14.7. The Labute approximate surface area is 159 Å². The molecule has 1 fully saturated rings. The fourth-order valence-corrected chi connectivity index (χ4v) is 3.12. The molecule has 2 heterocycles. The number of nitrogens with zero attached hydrogens (tertiary/aromatic N) is 2. The van der Waals surface area contributed by atoms with E-state index in [1.54, 1.807) is 18.2 Å². The zero-order valence-corrected chi connectivity index (χ0v) is 15.8. The number of para-hydroxylation sites is 2. The number of rotatable bonds is 5. The van der Waals surface area contributed by atoms with Gasteiger partial charge in [0.25, 0.3) is 11.8 Å². The van der Waals surface area contributed by atoms with Crippen LogP contribution in [0.1, 0.15) is 47.4 Å². The number of amides is 2. The number of anilines is 1. The van der Waals surface area contributed by atoms with E-state index in [-0.39, 0.29) is 11.8 Å². The molecule has 0 spiro atoms. The van der Waals surface area contributed by atoms with Crippen molar-refractivity contribution in [3.05, 3.63) is 53.9 Å². The highest BCUT2D eigenvalue weighted by Gasteiger charge is 2.22. The molecule has 27 heavy (non-hydrogen) atoms. The summed E-state index contributed by atoms with van der Waals surface area (Å²) in [5, 5.41) is 2.83. The van der Waals surface area contributed by atoms with Gasteiger partial charge in [0.1, 0.15) is 5.75 Å². The van der Waals surface area contributed by atoms with Gasteiger partial charge in [0.2, 0.25) is 0 Å². The molecule has 0 unspecified atom stereocenters. The van der Waals surface area contributed by atoms with Crippen molar-refractivity contribution >= 4 is 17.5 Å². The molecule has 0 bridgehead atoms. The second-order valence-electron chi connectivity index (χ2n) is 6.82. The Morgan fingerprint density at radius 3 is 2.63 bits per heavy atom. The first-order chi connectivity index (χ1) is 13.1. The third kappa shape index (κ3) is 4.64. The maximum Gasteiger partial charge on any atom is 0.257 e. The van der Waals surface area contributed by atoms with E-state index in [2.05, 4.69) is 17.2 Å².